The van der Waals surface area contributed by atoms with Crippen molar-refractivity contribution in [3.63, 3.8) is 0 Å². The number of amides is 1. The van der Waals surface area contributed by atoms with Gasteiger partial charge in [-0.15, -0.1) is 0 Å². The van der Waals surface area contributed by atoms with E-state index < -0.39 is 17.7 Å². The van der Waals surface area contributed by atoms with Crippen LogP contribution in [0.15, 0.2) is 60.4 Å². The highest BCUT2D eigenvalue weighted by atomic mass is 16.3. The second kappa shape index (κ2) is 7.52. The molecule has 0 radical (unpaired) electrons. The molecule has 1 atom stereocenters. The molecule has 0 bridgehead atoms. The molecule has 0 aliphatic carbocycles. The number of pyridine rings is 1. The first-order valence-corrected chi connectivity index (χ1v) is 9.39. The van der Waals surface area contributed by atoms with E-state index in [4.69, 9.17) is 0 Å². The second-order valence-electron chi connectivity index (χ2n) is 7.30. The Labute approximate surface area is 168 Å². The number of hydrogen-bond acceptors (Lipinski definition) is 5. The van der Waals surface area contributed by atoms with Gasteiger partial charge in [-0.2, -0.15) is 0 Å². The number of aromatic amines is 1. The van der Waals surface area contributed by atoms with Gasteiger partial charge in [0.1, 0.15) is 11.8 Å². The fourth-order valence-electron chi connectivity index (χ4n) is 3.68. The van der Waals surface area contributed by atoms with Gasteiger partial charge in [-0.3, -0.25) is 14.6 Å². The highest BCUT2D eigenvalue weighted by Gasteiger charge is 2.46. The van der Waals surface area contributed by atoms with Gasteiger partial charge in [-0.05, 0) is 32.3 Å². The number of rotatable bonds is 5. The molecule has 1 saturated heterocycles. The van der Waals surface area contributed by atoms with Gasteiger partial charge in [-0.1, -0.05) is 24.3 Å². The number of para-hydroxylation sites is 1. The Balaban J connectivity index is 1.88. The molecular formula is C22H22N4O3. The summed E-state index contributed by atoms with van der Waals surface area (Å²) >= 11 is 0. The molecule has 3 aromatic rings. The first kappa shape index (κ1) is 18.9. The number of aliphatic hydroxyl groups excluding tert-OH is 1. The summed E-state index contributed by atoms with van der Waals surface area (Å²) in [6, 6.07) is 12.1. The van der Waals surface area contributed by atoms with Gasteiger partial charge in [0.2, 0.25) is 0 Å². The number of nitrogens with one attached hydrogen (secondary N) is 1. The molecule has 1 aromatic carbocycles. The number of aliphatic hydroxyl groups is 1. The number of aromatic nitrogens is 2. The third-order valence-electron chi connectivity index (χ3n) is 5.14. The number of hydrogen-bond donors (Lipinski definition) is 2. The lowest BCUT2D eigenvalue weighted by molar-refractivity contribution is -0.140. The van der Waals surface area contributed by atoms with Crippen molar-refractivity contribution in [2.45, 2.75) is 6.04 Å². The smallest absolute Gasteiger partial charge is 0.295 e. The number of ketones is 1. The molecule has 0 unspecified atom stereocenters. The van der Waals surface area contributed by atoms with Crippen LogP contribution in [0.2, 0.25) is 0 Å². The van der Waals surface area contributed by atoms with Crippen LogP contribution in [0.3, 0.4) is 0 Å². The first-order valence-electron chi connectivity index (χ1n) is 9.39. The Morgan fingerprint density at radius 1 is 1.17 bits per heavy atom. The molecule has 148 valence electrons. The fourth-order valence-corrected chi connectivity index (χ4v) is 3.68. The van der Waals surface area contributed by atoms with E-state index in [-0.39, 0.29) is 11.3 Å². The average Bonchev–Trinajstić information content (AvgIpc) is 3.26. The van der Waals surface area contributed by atoms with Gasteiger partial charge in [0.25, 0.3) is 11.7 Å². The molecule has 7 nitrogen and oxygen atoms in total. The van der Waals surface area contributed by atoms with E-state index in [1.54, 1.807) is 30.6 Å². The normalized spacial score (nSPS) is 18.9. The summed E-state index contributed by atoms with van der Waals surface area (Å²) < 4.78 is 0. The van der Waals surface area contributed by atoms with Crippen molar-refractivity contribution < 1.29 is 14.7 Å². The van der Waals surface area contributed by atoms with Gasteiger partial charge in [-0.25, -0.2) is 0 Å². The molecule has 2 aromatic heterocycles. The van der Waals surface area contributed by atoms with Crippen molar-refractivity contribution in [1.82, 2.24) is 19.8 Å². The molecule has 1 aliphatic rings. The minimum Gasteiger partial charge on any atom is -0.507 e. The lowest BCUT2D eigenvalue weighted by Gasteiger charge is -2.25. The molecule has 3 heterocycles. The number of carbonyl (C=O) groups is 2. The maximum absolute atomic E-state index is 13.0. The van der Waals surface area contributed by atoms with Crippen LogP contribution < -0.4 is 0 Å². The molecule has 4 rings (SSSR count). The van der Waals surface area contributed by atoms with Crippen LogP contribution in [0.5, 0.6) is 0 Å². The Morgan fingerprint density at radius 3 is 2.66 bits per heavy atom. The van der Waals surface area contributed by atoms with Crippen LogP contribution >= 0.6 is 0 Å². The van der Waals surface area contributed by atoms with Crippen LogP contribution in [-0.4, -0.2) is 63.7 Å². The topological polar surface area (TPSA) is 89.5 Å². The average molecular weight is 390 g/mol. The summed E-state index contributed by atoms with van der Waals surface area (Å²) in [7, 11) is 3.80. The number of likely N-dealkylation sites (tertiary alicyclic amines) is 1. The predicted molar refractivity (Wildman–Crippen MR) is 110 cm³/mol. The maximum Gasteiger partial charge on any atom is 0.295 e. The van der Waals surface area contributed by atoms with Crippen molar-refractivity contribution in [1.29, 1.82) is 0 Å². The van der Waals surface area contributed by atoms with Gasteiger partial charge in [0, 0.05) is 41.9 Å². The molecule has 1 aliphatic heterocycles. The highest BCUT2D eigenvalue weighted by Crippen LogP contribution is 2.39. The molecule has 0 spiro atoms. The first-order chi connectivity index (χ1) is 14.0. The molecule has 29 heavy (non-hydrogen) atoms. The maximum atomic E-state index is 13.0. The van der Waals surface area contributed by atoms with Crippen molar-refractivity contribution in [3.05, 3.63) is 71.7 Å². The van der Waals surface area contributed by atoms with Crippen LogP contribution in [0.25, 0.3) is 16.7 Å². The van der Waals surface area contributed by atoms with Gasteiger partial charge in [0.15, 0.2) is 0 Å². The van der Waals surface area contributed by atoms with Crippen molar-refractivity contribution in [2.75, 3.05) is 27.2 Å². The molecule has 1 fully saturated rings. The van der Waals surface area contributed by atoms with Crippen LogP contribution in [-0.2, 0) is 9.59 Å². The van der Waals surface area contributed by atoms with E-state index in [1.807, 2.05) is 43.3 Å². The Morgan fingerprint density at radius 2 is 1.93 bits per heavy atom. The number of H-pyrrole nitrogens is 1. The standard InChI is InChI=1S/C22H22N4O3/c1-25(2)11-12-26-19(17-9-5-6-10-23-17)18(21(28)22(26)29)20(27)15-13-24-16-8-4-3-7-14(15)16/h3-10,13,19,24,27H,11-12H2,1-2H3/b20-18+/t19-/m1/s1. The number of likely N-dealkylation sites (N-methyl/N-ethyl adjacent to an activating group) is 1. The molecule has 7 heteroatoms. The third kappa shape index (κ3) is 3.30. The van der Waals surface area contributed by atoms with Crippen molar-refractivity contribution in [3.8, 4) is 0 Å². The lowest BCUT2D eigenvalue weighted by Crippen LogP contribution is -2.35. The van der Waals surface area contributed by atoms with Gasteiger partial charge in [0.05, 0.1) is 11.3 Å². The third-order valence-corrected chi connectivity index (χ3v) is 5.14. The van der Waals surface area contributed by atoms with Crippen LogP contribution in [0, 0.1) is 0 Å². The summed E-state index contributed by atoms with van der Waals surface area (Å²) in [6.45, 7) is 0.937. The Kier molecular flexibility index (Phi) is 4.90. The predicted octanol–water partition coefficient (Wildman–Crippen LogP) is 2.55. The lowest BCUT2D eigenvalue weighted by atomic mass is 9.98. The van der Waals surface area contributed by atoms with Gasteiger partial charge >= 0.3 is 0 Å². The fraction of sp³-hybridized carbons (Fsp3) is 0.227. The van der Waals surface area contributed by atoms with E-state index in [1.165, 1.54) is 4.90 Å². The summed E-state index contributed by atoms with van der Waals surface area (Å²) in [6.07, 6.45) is 3.27. The number of nitrogens with zero attached hydrogens (tertiary/aromatic N) is 3. The molecule has 0 saturated carbocycles. The molecular weight excluding hydrogens is 368 g/mol. The summed E-state index contributed by atoms with van der Waals surface area (Å²) in [4.78, 5) is 36.7. The number of Topliss-reactive ketones (excluding diaryl/α,β-unsaturated/α-hetero) is 1. The summed E-state index contributed by atoms with van der Waals surface area (Å²) in [5.41, 5.74) is 1.95. The van der Waals surface area contributed by atoms with Gasteiger partial charge < -0.3 is 19.9 Å². The molecule has 2 N–H and O–H groups in total. The van der Waals surface area contributed by atoms with E-state index in [0.29, 0.717) is 24.3 Å². The number of benzene rings is 1. The summed E-state index contributed by atoms with van der Waals surface area (Å²) in [5.74, 6) is -1.50. The SMILES string of the molecule is CN(C)CCN1C(=O)C(=O)/C(=C(/O)c2c[nH]c3ccccc23)[C@H]1c1ccccn1. The second-order valence-corrected chi connectivity index (χ2v) is 7.30. The molecule has 1 amide bonds. The Bertz CT molecular complexity index is 1100. The van der Waals surface area contributed by atoms with Crippen molar-refractivity contribution >= 4 is 28.4 Å². The van der Waals surface area contributed by atoms with E-state index in [9.17, 15) is 14.7 Å². The van der Waals surface area contributed by atoms with Crippen LogP contribution in [0.4, 0.5) is 0 Å². The zero-order valence-corrected chi connectivity index (χ0v) is 16.3. The highest BCUT2D eigenvalue weighted by molar-refractivity contribution is 6.46. The van der Waals surface area contributed by atoms with Crippen LogP contribution in [0.1, 0.15) is 17.3 Å². The van der Waals surface area contributed by atoms with E-state index >= 15 is 0 Å². The number of fused-ring (bicyclic) bond motifs is 1. The largest absolute Gasteiger partial charge is 0.507 e. The number of carbonyl (C=O) groups excluding carboxylic acids is 2. The van der Waals surface area contributed by atoms with E-state index in [2.05, 4.69) is 9.97 Å². The minimum absolute atomic E-state index is 0.0669. The monoisotopic (exact) mass is 390 g/mol. The van der Waals surface area contributed by atoms with E-state index in [0.717, 1.165) is 10.9 Å². The minimum atomic E-state index is -0.732. The zero-order chi connectivity index (χ0) is 20.5. The van der Waals surface area contributed by atoms with Crippen molar-refractivity contribution in [2.24, 2.45) is 0 Å². The zero-order valence-electron chi connectivity index (χ0n) is 16.3. The Hall–Kier alpha value is -3.45. The summed E-state index contributed by atoms with van der Waals surface area (Å²) in [5, 5.41) is 11.9. The quantitative estimate of drug-likeness (QED) is 0.397.